The molecule has 1 rings (SSSR count). The fourth-order valence-electron chi connectivity index (χ4n) is 0.587. The van der Waals surface area contributed by atoms with E-state index in [0.29, 0.717) is 0 Å². The topological polar surface area (TPSA) is 25.8 Å². The summed E-state index contributed by atoms with van der Waals surface area (Å²) in [7, 11) is 0. The van der Waals surface area contributed by atoms with Crippen LogP contribution in [-0.4, -0.2) is 9.97 Å². The molecular formula is C7H8N2. The molecule has 9 heavy (non-hydrogen) atoms. The zero-order valence-electron chi connectivity index (χ0n) is 5.12. The Morgan fingerprint density at radius 3 is 3.11 bits per heavy atom. The van der Waals surface area contributed by atoms with Crippen LogP contribution >= 0.6 is 0 Å². The molecule has 0 fully saturated rings. The third-order valence-electron chi connectivity index (χ3n) is 0.997. The van der Waals surface area contributed by atoms with Crippen LogP contribution in [0, 0.1) is 0 Å². The van der Waals surface area contributed by atoms with E-state index in [9.17, 15) is 0 Å². The van der Waals surface area contributed by atoms with Crippen LogP contribution in [0.3, 0.4) is 0 Å². The van der Waals surface area contributed by atoms with Gasteiger partial charge in [0.25, 0.3) is 0 Å². The monoisotopic (exact) mass is 120 g/mol. The average Bonchev–Trinajstić information content (AvgIpc) is 1.91. The molecule has 0 N–H and O–H groups in total. The van der Waals surface area contributed by atoms with Crippen LogP contribution in [0.5, 0.6) is 0 Å². The lowest BCUT2D eigenvalue weighted by Crippen LogP contribution is -1.85. The zero-order valence-corrected chi connectivity index (χ0v) is 5.12. The summed E-state index contributed by atoms with van der Waals surface area (Å²) >= 11 is 0. The Morgan fingerprint density at radius 1 is 1.67 bits per heavy atom. The highest BCUT2D eigenvalue weighted by Gasteiger charge is 1.84. The minimum Gasteiger partial charge on any atom is -0.245 e. The highest BCUT2D eigenvalue weighted by atomic mass is 14.8. The maximum Gasteiger partial charge on any atom is 0.115 e. The summed E-state index contributed by atoms with van der Waals surface area (Å²) in [6.45, 7) is 3.60. The first-order chi connectivity index (χ1) is 4.43. The molecule has 0 unspecified atom stereocenters. The minimum absolute atomic E-state index is 0.822. The van der Waals surface area contributed by atoms with E-state index in [0.717, 1.165) is 12.1 Å². The summed E-state index contributed by atoms with van der Waals surface area (Å²) in [4.78, 5) is 7.77. The first-order valence-corrected chi connectivity index (χ1v) is 2.79. The predicted octanol–water partition coefficient (Wildman–Crippen LogP) is 1.21. The average molecular weight is 120 g/mol. The normalized spacial score (nSPS) is 8.89. The highest BCUT2D eigenvalue weighted by Crippen LogP contribution is 1.91. The van der Waals surface area contributed by atoms with E-state index in [1.807, 2.05) is 12.1 Å². The van der Waals surface area contributed by atoms with E-state index in [1.165, 1.54) is 0 Å². The molecule has 46 valence electrons. The number of hydrogen-bond donors (Lipinski definition) is 0. The zero-order chi connectivity index (χ0) is 6.53. The predicted molar refractivity (Wildman–Crippen MR) is 35.9 cm³/mol. The number of hydrogen-bond acceptors (Lipinski definition) is 2. The molecule has 0 aliphatic carbocycles. The third kappa shape index (κ3) is 1.64. The molecule has 2 nitrogen and oxygen atoms in total. The van der Waals surface area contributed by atoms with E-state index < -0.39 is 0 Å². The largest absolute Gasteiger partial charge is 0.245 e. The van der Waals surface area contributed by atoms with Gasteiger partial charge in [-0.2, -0.15) is 0 Å². The Kier molecular flexibility index (Phi) is 1.96. The van der Waals surface area contributed by atoms with Gasteiger partial charge in [-0.15, -0.1) is 6.58 Å². The molecule has 0 bridgehead atoms. The molecule has 0 saturated carbocycles. The molecule has 0 spiro atoms. The van der Waals surface area contributed by atoms with Crippen LogP contribution in [0.4, 0.5) is 0 Å². The second-order valence-electron chi connectivity index (χ2n) is 1.69. The first kappa shape index (κ1) is 5.95. The Labute approximate surface area is 54.3 Å². The van der Waals surface area contributed by atoms with Crippen LogP contribution in [-0.2, 0) is 6.42 Å². The van der Waals surface area contributed by atoms with Gasteiger partial charge in [0.1, 0.15) is 6.33 Å². The molecule has 1 aromatic rings. The summed E-state index contributed by atoms with van der Waals surface area (Å²) < 4.78 is 0. The van der Waals surface area contributed by atoms with Crippen molar-refractivity contribution in [3.8, 4) is 0 Å². The number of allylic oxidation sites excluding steroid dienone is 1. The molecule has 2 heteroatoms. The van der Waals surface area contributed by atoms with Crippen molar-refractivity contribution in [1.29, 1.82) is 0 Å². The van der Waals surface area contributed by atoms with Gasteiger partial charge >= 0.3 is 0 Å². The Balaban J connectivity index is 2.72. The van der Waals surface area contributed by atoms with Crippen LogP contribution in [0.25, 0.3) is 0 Å². The Morgan fingerprint density at radius 2 is 2.56 bits per heavy atom. The van der Waals surface area contributed by atoms with E-state index in [4.69, 9.17) is 0 Å². The summed E-state index contributed by atoms with van der Waals surface area (Å²) in [5.41, 5.74) is 1.01. The summed E-state index contributed by atoms with van der Waals surface area (Å²) in [5, 5.41) is 0. The molecule has 0 aromatic carbocycles. The number of nitrogens with zero attached hydrogens (tertiary/aromatic N) is 2. The van der Waals surface area contributed by atoms with Gasteiger partial charge in [-0.05, 0) is 6.07 Å². The smallest absolute Gasteiger partial charge is 0.115 e. The van der Waals surface area contributed by atoms with Gasteiger partial charge in [0.2, 0.25) is 0 Å². The molecule has 0 atom stereocenters. The maximum absolute atomic E-state index is 3.99. The summed E-state index contributed by atoms with van der Waals surface area (Å²) in [6.07, 6.45) is 5.91. The van der Waals surface area contributed by atoms with Gasteiger partial charge in [0, 0.05) is 18.3 Å². The van der Waals surface area contributed by atoms with Crippen molar-refractivity contribution in [3.63, 3.8) is 0 Å². The van der Waals surface area contributed by atoms with Gasteiger partial charge in [-0.1, -0.05) is 6.08 Å². The molecule has 0 saturated heterocycles. The van der Waals surface area contributed by atoms with Crippen LogP contribution in [0.15, 0.2) is 31.2 Å². The van der Waals surface area contributed by atoms with Crippen LogP contribution < -0.4 is 0 Å². The fraction of sp³-hybridized carbons (Fsp3) is 0.143. The van der Waals surface area contributed by atoms with E-state index >= 15 is 0 Å². The molecular weight excluding hydrogens is 112 g/mol. The van der Waals surface area contributed by atoms with Crippen molar-refractivity contribution in [3.05, 3.63) is 36.9 Å². The number of aromatic nitrogens is 2. The summed E-state index contributed by atoms with van der Waals surface area (Å²) in [6, 6.07) is 1.88. The lowest BCUT2D eigenvalue weighted by Gasteiger charge is -1.89. The van der Waals surface area contributed by atoms with Gasteiger partial charge in [0.15, 0.2) is 0 Å². The lowest BCUT2D eigenvalue weighted by atomic mass is 10.3. The SMILES string of the molecule is C=CCc1ccncn1. The highest BCUT2D eigenvalue weighted by molar-refractivity contribution is 5.01. The quantitative estimate of drug-likeness (QED) is 0.548. The Bertz CT molecular complexity index is 181. The van der Waals surface area contributed by atoms with Crippen molar-refractivity contribution < 1.29 is 0 Å². The second kappa shape index (κ2) is 2.97. The summed E-state index contributed by atoms with van der Waals surface area (Å²) in [5.74, 6) is 0. The fourth-order valence-corrected chi connectivity index (χ4v) is 0.587. The van der Waals surface area contributed by atoms with Gasteiger partial charge in [0.05, 0.1) is 0 Å². The maximum atomic E-state index is 3.99. The molecule has 0 amide bonds. The van der Waals surface area contributed by atoms with Crippen LogP contribution in [0.1, 0.15) is 5.69 Å². The third-order valence-corrected chi connectivity index (χ3v) is 0.997. The van der Waals surface area contributed by atoms with Crippen molar-refractivity contribution in [2.75, 3.05) is 0 Å². The van der Waals surface area contributed by atoms with Gasteiger partial charge in [-0.25, -0.2) is 9.97 Å². The molecule has 1 aromatic heterocycles. The minimum atomic E-state index is 0.822. The molecule has 1 heterocycles. The van der Waals surface area contributed by atoms with E-state index in [2.05, 4.69) is 16.5 Å². The van der Waals surface area contributed by atoms with Crippen molar-refractivity contribution >= 4 is 0 Å². The second-order valence-corrected chi connectivity index (χ2v) is 1.69. The Hall–Kier alpha value is -1.18. The standard InChI is InChI=1S/C7H8N2/c1-2-3-7-4-5-8-6-9-7/h2,4-6H,1,3H2. The van der Waals surface area contributed by atoms with Crippen molar-refractivity contribution in [2.45, 2.75) is 6.42 Å². The first-order valence-electron chi connectivity index (χ1n) is 2.79. The van der Waals surface area contributed by atoms with Crippen molar-refractivity contribution in [2.24, 2.45) is 0 Å². The van der Waals surface area contributed by atoms with Crippen molar-refractivity contribution in [1.82, 2.24) is 9.97 Å². The van der Waals surface area contributed by atoms with Gasteiger partial charge in [-0.3, -0.25) is 0 Å². The molecule has 0 aliphatic rings. The van der Waals surface area contributed by atoms with Gasteiger partial charge < -0.3 is 0 Å². The van der Waals surface area contributed by atoms with E-state index in [1.54, 1.807) is 12.5 Å². The molecule has 0 radical (unpaired) electrons. The number of rotatable bonds is 2. The van der Waals surface area contributed by atoms with E-state index in [-0.39, 0.29) is 0 Å². The lowest BCUT2D eigenvalue weighted by molar-refractivity contribution is 1.05. The van der Waals surface area contributed by atoms with Crippen LogP contribution in [0.2, 0.25) is 0 Å². The molecule has 0 aliphatic heterocycles.